The lowest BCUT2D eigenvalue weighted by Crippen LogP contribution is -2.01. The van der Waals surface area contributed by atoms with Crippen molar-refractivity contribution in [2.24, 2.45) is 0 Å². The molecule has 0 aliphatic carbocycles. The normalized spacial score (nSPS) is 10.2. The highest BCUT2D eigenvalue weighted by Gasteiger charge is 2.07. The van der Waals surface area contributed by atoms with E-state index in [-0.39, 0.29) is 11.5 Å². The summed E-state index contributed by atoms with van der Waals surface area (Å²) in [7, 11) is 0. The van der Waals surface area contributed by atoms with E-state index >= 15 is 0 Å². The van der Waals surface area contributed by atoms with Crippen molar-refractivity contribution < 1.29 is 14.3 Å². The highest BCUT2D eigenvalue weighted by atomic mass is 32.2. The Balaban J connectivity index is 2.24. The molecule has 2 rings (SSSR count). The van der Waals surface area contributed by atoms with E-state index in [0.717, 1.165) is 18.0 Å². The summed E-state index contributed by atoms with van der Waals surface area (Å²) in [6.07, 6.45) is 2.60. The Bertz CT molecular complexity index is 563. The molecular formula is C11H7FN2O2S. The van der Waals surface area contributed by atoms with E-state index in [9.17, 15) is 9.18 Å². The molecule has 1 aromatic heterocycles. The van der Waals surface area contributed by atoms with Gasteiger partial charge in [-0.3, -0.25) is 4.98 Å². The zero-order valence-electron chi connectivity index (χ0n) is 8.50. The average Bonchev–Trinajstić information content (AvgIpc) is 2.29. The fourth-order valence-corrected chi connectivity index (χ4v) is 1.97. The number of halogens is 1. The van der Waals surface area contributed by atoms with Crippen LogP contribution in [0.25, 0.3) is 0 Å². The van der Waals surface area contributed by atoms with Gasteiger partial charge in [-0.15, -0.1) is 0 Å². The van der Waals surface area contributed by atoms with Crippen LogP contribution in [0.15, 0.2) is 46.6 Å². The van der Waals surface area contributed by atoms with Gasteiger partial charge in [-0.05, 0) is 18.2 Å². The van der Waals surface area contributed by atoms with Gasteiger partial charge in [0.25, 0.3) is 0 Å². The minimum atomic E-state index is -1.14. The van der Waals surface area contributed by atoms with E-state index in [0.29, 0.717) is 9.92 Å². The van der Waals surface area contributed by atoms with Crippen LogP contribution < -0.4 is 0 Å². The van der Waals surface area contributed by atoms with Crippen LogP contribution in [0.1, 0.15) is 10.5 Å². The number of aromatic carboxylic acids is 1. The summed E-state index contributed by atoms with van der Waals surface area (Å²) in [5, 5.41) is 9.16. The zero-order valence-corrected chi connectivity index (χ0v) is 9.32. The van der Waals surface area contributed by atoms with Crippen LogP contribution in [0.5, 0.6) is 0 Å². The van der Waals surface area contributed by atoms with E-state index in [1.54, 1.807) is 12.1 Å². The van der Waals surface area contributed by atoms with E-state index < -0.39 is 5.97 Å². The molecule has 2 aromatic rings. The third-order valence-electron chi connectivity index (χ3n) is 1.85. The average molecular weight is 250 g/mol. The first-order valence-corrected chi connectivity index (χ1v) is 5.45. The summed E-state index contributed by atoms with van der Waals surface area (Å²) in [6, 6.07) is 5.97. The highest BCUT2D eigenvalue weighted by Crippen LogP contribution is 2.25. The number of carbonyl (C=O) groups is 1. The predicted molar refractivity (Wildman–Crippen MR) is 59.5 cm³/mol. The Hall–Kier alpha value is -1.95. The van der Waals surface area contributed by atoms with E-state index in [1.807, 2.05) is 0 Å². The number of aromatic nitrogens is 2. The number of hydrogen-bond donors (Lipinski definition) is 1. The zero-order chi connectivity index (χ0) is 12.3. The van der Waals surface area contributed by atoms with Crippen LogP contribution >= 0.6 is 11.8 Å². The van der Waals surface area contributed by atoms with Gasteiger partial charge in [-0.2, -0.15) is 0 Å². The number of benzene rings is 1. The maximum Gasteiger partial charge on any atom is 0.356 e. The van der Waals surface area contributed by atoms with E-state index in [4.69, 9.17) is 5.11 Å². The van der Waals surface area contributed by atoms with E-state index in [1.165, 1.54) is 18.3 Å². The Kier molecular flexibility index (Phi) is 3.34. The second-order valence-corrected chi connectivity index (χ2v) is 4.20. The molecule has 6 heteroatoms. The fourth-order valence-electron chi connectivity index (χ4n) is 1.15. The van der Waals surface area contributed by atoms with Gasteiger partial charge in [0.15, 0.2) is 5.69 Å². The standard InChI is InChI=1S/C11H7FN2O2S/c12-7-2-1-3-8(4-7)17-10-6-13-5-9(14-10)11(15)16/h1-6H,(H,15,16). The molecule has 1 N–H and O–H groups in total. The van der Waals surface area contributed by atoms with Gasteiger partial charge in [-0.25, -0.2) is 14.2 Å². The van der Waals surface area contributed by atoms with Gasteiger partial charge in [0, 0.05) is 4.90 Å². The monoisotopic (exact) mass is 250 g/mol. The molecule has 1 aromatic carbocycles. The molecule has 0 aliphatic rings. The topological polar surface area (TPSA) is 63.1 Å². The van der Waals surface area contributed by atoms with Crippen LogP contribution in [0.4, 0.5) is 4.39 Å². The molecule has 0 aliphatic heterocycles. The van der Waals surface area contributed by atoms with Crippen molar-refractivity contribution in [3.05, 3.63) is 48.2 Å². The molecule has 86 valence electrons. The fraction of sp³-hybridized carbons (Fsp3) is 0. The van der Waals surface area contributed by atoms with Gasteiger partial charge >= 0.3 is 5.97 Å². The van der Waals surface area contributed by atoms with Crippen molar-refractivity contribution in [3.8, 4) is 0 Å². The quantitative estimate of drug-likeness (QED) is 0.906. The van der Waals surface area contributed by atoms with Crippen LogP contribution in [0, 0.1) is 5.82 Å². The molecule has 17 heavy (non-hydrogen) atoms. The molecular weight excluding hydrogens is 243 g/mol. The summed E-state index contributed by atoms with van der Waals surface area (Å²) in [6.45, 7) is 0. The molecule has 0 unspecified atom stereocenters. The minimum Gasteiger partial charge on any atom is -0.476 e. The lowest BCUT2D eigenvalue weighted by atomic mass is 10.4. The van der Waals surface area contributed by atoms with Crippen molar-refractivity contribution in [1.29, 1.82) is 0 Å². The Labute approximate surface area is 101 Å². The highest BCUT2D eigenvalue weighted by molar-refractivity contribution is 7.99. The second kappa shape index (κ2) is 4.92. The van der Waals surface area contributed by atoms with Gasteiger partial charge in [-0.1, -0.05) is 17.8 Å². The Morgan fingerprint density at radius 3 is 2.88 bits per heavy atom. The van der Waals surface area contributed by atoms with Gasteiger partial charge in [0.05, 0.1) is 12.4 Å². The summed E-state index contributed by atoms with van der Waals surface area (Å²) in [5.41, 5.74) is -0.133. The third kappa shape index (κ3) is 3.01. The van der Waals surface area contributed by atoms with Crippen molar-refractivity contribution in [1.82, 2.24) is 9.97 Å². The van der Waals surface area contributed by atoms with Crippen molar-refractivity contribution in [2.75, 3.05) is 0 Å². The lowest BCUT2D eigenvalue weighted by molar-refractivity contribution is 0.0689. The Morgan fingerprint density at radius 2 is 2.18 bits per heavy atom. The number of rotatable bonds is 3. The van der Waals surface area contributed by atoms with Crippen molar-refractivity contribution >= 4 is 17.7 Å². The molecule has 0 bridgehead atoms. The second-order valence-electron chi connectivity index (χ2n) is 3.11. The molecule has 4 nitrogen and oxygen atoms in total. The SMILES string of the molecule is O=C(O)c1cncc(Sc2cccc(F)c2)n1. The predicted octanol–water partition coefficient (Wildman–Crippen LogP) is 2.47. The third-order valence-corrected chi connectivity index (χ3v) is 2.75. The maximum absolute atomic E-state index is 12.9. The number of nitrogens with zero attached hydrogens (tertiary/aromatic N) is 2. The molecule has 1 heterocycles. The molecule has 0 amide bonds. The van der Waals surface area contributed by atoms with Crippen molar-refractivity contribution in [2.45, 2.75) is 9.92 Å². The van der Waals surface area contributed by atoms with Crippen molar-refractivity contribution in [3.63, 3.8) is 0 Å². The summed E-state index contributed by atoms with van der Waals surface area (Å²) >= 11 is 1.16. The maximum atomic E-state index is 12.9. The van der Waals surface area contributed by atoms with Gasteiger partial charge in [0.1, 0.15) is 10.8 Å². The molecule has 0 radical (unpaired) electrons. The molecule has 0 saturated carbocycles. The van der Waals surface area contributed by atoms with Crippen LogP contribution in [0.3, 0.4) is 0 Å². The van der Waals surface area contributed by atoms with E-state index in [2.05, 4.69) is 9.97 Å². The van der Waals surface area contributed by atoms with Gasteiger partial charge in [0.2, 0.25) is 0 Å². The Morgan fingerprint density at radius 1 is 1.35 bits per heavy atom. The molecule has 0 fully saturated rings. The first-order chi connectivity index (χ1) is 8.15. The van der Waals surface area contributed by atoms with Crippen LogP contribution in [-0.2, 0) is 0 Å². The van der Waals surface area contributed by atoms with Gasteiger partial charge < -0.3 is 5.11 Å². The van der Waals surface area contributed by atoms with Crippen LogP contribution in [-0.4, -0.2) is 21.0 Å². The molecule has 0 atom stereocenters. The summed E-state index contributed by atoms with van der Waals surface area (Å²) in [5.74, 6) is -1.49. The number of hydrogen-bond acceptors (Lipinski definition) is 4. The first kappa shape index (κ1) is 11.5. The molecule has 0 saturated heterocycles. The molecule has 0 spiro atoms. The first-order valence-electron chi connectivity index (χ1n) is 4.64. The van der Waals surface area contributed by atoms with Crippen LogP contribution in [0.2, 0.25) is 0 Å². The number of carboxylic acids is 1. The minimum absolute atomic E-state index is 0.133. The summed E-state index contributed by atoms with van der Waals surface area (Å²) in [4.78, 5) is 19.0. The largest absolute Gasteiger partial charge is 0.476 e. The summed E-state index contributed by atoms with van der Waals surface area (Å²) < 4.78 is 12.9. The number of carboxylic acid groups (broad SMARTS) is 1. The smallest absolute Gasteiger partial charge is 0.356 e. The lowest BCUT2D eigenvalue weighted by Gasteiger charge is -2.01.